The molecule has 1 aliphatic carbocycles. The Morgan fingerprint density at radius 3 is 2.89 bits per heavy atom. The lowest BCUT2D eigenvalue weighted by Gasteiger charge is -2.20. The molecule has 1 N–H and O–H groups in total. The van der Waals surface area contributed by atoms with Crippen LogP contribution in [0.5, 0.6) is 5.88 Å². The quantitative estimate of drug-likeness (QED) is 0.821. The van der Waals surface area contributed by atoms with Crippen LogP contribution < -0.4 is 9.64 Å². The molecule has 2 rings (SSSR count). The predicted molar refractivity (Wildman–Crippen MR) is 65.8 cm³/mol. The summed E-state index contributed by atoms with van der Waals surface area (Å²) in [6.45, 7) is 3.76. The number of carbonyl (C=O) groups is 1. The van der Waals surface area contributed by atoms with Gasteiger partial charge < -0.3 is 14.7 Å². The van der Waals surface area contributed by atoms with Gasteiger partial charge in [0.05, 0.1) is 6.10 Å². The van der Waals surface area contributed by atoms with Gasteiger partial charge >= 0.3 is 5.97 Å². The summed E-state index contributed by atoms with van der Waals surface area (Å²) < 4.78 is 5.48. The highest BCUT2D eigenvalue weighted by molar-refractivity contribution is 5.73. The van der Waals surface area contributed by atoms with Crippen LogP contribution in [0.25, 0.3) is 0 Å². The number of carboxylic acid groups (broad SMARTS) is 1. The van der Waals surface area contributed by atoms with Crippen LogP contribution in [0, 0.1) is 0 Å². The Bertz CT molecular complexity index is 432. The molecular formula is C12H17N3O3. The Balaban J connectivity index is 2.16. The third kappa shape index (κ3) is 3.32. The minimum Gasteiger partial charge on any atom is -0.480 e. The molecule has 0 amide bonds. The van der Waals surface area contributed by atoms with Crippen molar-refractivity contribution in [3.8, 4) is 5.88 Å². The van der Waals surface area contributed by atoms with Gasteiger partial charge in [-0.1, -0.05) is 0 Å². The van der Waals surface area contributed by atoms with E-state index in [1.807, 2.05) is 13.8 Å². The second kappa shape index (κ2) is 5.20. The van der Waals surface area contributed by atoms with E-state index in [1.54, 1.807) is 17.2 Å². The van der Waals surface area contributed by atoms with Crippen molar-refractivity contribution in [2.75, 3.05) is 11.4 Å². The van der Waals surface area contributed by atoms with Gasteiger partial charge in [0.25, 0.3) is 0 Å². The molecule has 1 aromatic heterocycles. The fourth-order valence-corrected chi connectivity index (χ4v) is 1.67. The normalized spacial score (nSPS) is 14.6. The summed E-state index contributed by atoms with van der Waals surface area (Å²) in [5.74, 6) is 0.0322. The number of aliphatic carboxylic acids is 1. The van der Waals surface area contributed by atoms with E-state index in [1.165, 1.54) is 0 Å². The zero-order valence-corrected chi connectivity index (χ0v) is 10.5. The number of ether oxygens (including phenoxy) is 1. The van der Waals surface area contributed by atoms with E-state index in [2.05, 4.69) is 9.97 Å². The molecule has 1 saturated carbocycles. The Morgan fingerprint density at radius 2 is 2.33 bits per heavy atom. The maximum absolute atomic E-state index is 10.8. The maximum atomic E-state index is 10.8. The van der Waals surface area contributed by atoms with Gasteiger partial charge in [-0.3, -0.25) is 4.79 Å². The van der Waals surface area contributed by atoms with E-state index in [4.69, 9.17) is 9.84 Å². The van der Waals surface area contributed by atoms with Gasteiger partial charge in [0.1, 0.15) is 6.54 Å². The van der Waals surface area contributed by atoms with Crippen LogP contribution >= 0.6 is 0 Å². The number of hydrogen-bond donors (Lipinski definition) is 1. The molecule has 0 unspecified atom stereocenters. The molecule has 1 heterocycles. The van der Waals surface area contributed by atoms with Crippen LogP contribution in [0.4, 0.5) is 5.95 Å². The highest BCUT2D eigenvalue weighted by atomic mass is 16.5. The Kier molecular flexibility index (Phi) is 3.64. The molecular weight excluding hydrogens is 234 g/mol. The third-order valence-corrected chi connectivity index (χ3v) is 2.52. The van der Waals surface area contributed by atoms with Crippen molar-refractivity contribution in [1.82, 2.24) is 9.97 Å². The van der Waals surface area contributed by atoms with E-state index in [9.17, 15) is 4.79 Å². The largest absolute Gasteiger partial charge is 0.480 e. The number of nitrogens with zero attached hydrogens (tertiary/aromatic N) is 3. The molecule has 0 saturated heterocycles. The average Bonchev–Trinajstić information content (AvgIpc) is 3.09. The number of carboxylic acids is 1. The maximum Gasteiger partial charge on any atom is 0.323 e. The lowest BCUT2D eigenvalue weighted by atomic mass is 10.4. The first kappa shape index (κ1) is 12.6. The summed E-state index contributed by atoms with van der Waals surface area (Å²) in [5, 5.41) is 8.91. The lowest BCUT2D eigenvalue weighted by molar-refractivity contribution is -0.135. The topological polar surface area (TPSA) is 75.5 Å². The van der Waals surface area contributed by atoms with E-state index in [0.29, 0.717) is 11.8 Å². The number of rotatable bonds is 6. The predicted octanol–water partition coefficient (Wildman–Crippen LogP) is 1.32. The first-order valence-corrected chi connectivity index (χ1v) is 6.04. The van der Waals surface area contributed by atoms with E-state index < -0.39 is 5.97 Å². The summed E-state index contributed by atoms with van der Waals surface area (Å²) in [6.07, 6.45) is 3.61. The van der Waals surface area contributed by atoms with Gasteiger partial charge in [0, 0.05) is 18.3 Å². The minimum atomic E-state index is -0.874. The highest BCUT2D eigenvalue weighted by Crippen LogP contribution is 2.30. The average molecular weight is 251 g/mol. The number of hydrogen-bond acceptors (Lipinski definition) is 5. The molecule has 1 aliphatic rings. The van der Waals surface area contributed by atoms with Gasteiger partial charge in [-0.15, -0.1) is 0 Å². The summed E-state index contributed by atoms with van der Waals surface area (Å²) in [6, 6.07) is 1.92. The second-order valence-corrected chi connectivity index (χ2v) is 4.61. The Labute approximate surface area is 106 Å². The molecule has 0 bridgehead atoms. The molecule has 0 aromatic carbocycles. The number of anilines is 1. The summed E-state index contributed by atoms with van der Waals surface area (Å²) in [5.41, 5.74) is 0. The van der Waals surface area contributed by atoms with Gasteiger partial charge in [-0.25, -0.2) is 4.98 Å². The smallest absolute Gasteiger partial charge is 0.323 e. The van der Waals surface area contributed by atoms with Crippen molar-refractivity contribution in [2.45, 2.75) is 38.8 Å². The summed E-state index contributed by atoms with van der Waals surface area (Å²) in [7, 11) is 0. The Morgan fingerprint density at radius 1 is 1.61 bits per heavy atom. The first-order valence-electron chi connectivity index (χ1n) is 6.04. The second-order valence-electron chi connectivity index (χ2n) is 4.61. The fourth-order valence-electron chi connectivity index (χ4n) is 1.67. The van der Waals surface area contributed by atoms with Crippen LogP contribution in [0.2, 0.25) is 0 Å². The van der Waals surface area contributed by atoms with Crippen molar-refractivity contribution in [2.24, 2.45) is 0 Å². The van der Waals surface area contributed by atoms with Crippen LogP contribution in [0.1, 0.15) is 26.7 Å². The molecule has 6 heteroatoms. The van der Waals surface area contributed by atoms with Crippen molar-refractivity contribution in [3.05, 3.63) is 12.3 Å². The van der Waals surface area contributed by atoms with Gasteiger partial charge in [0.2, 0.25) is 11.8 Å². The molecule has 0 atom stereocenters. The van der Waals surface area contributed by atoms with E-state index in [0.717, 1.165) is 12.8 Å². The van der Waals surface area contributed by atoms with Crippen LogP contribution in [-0.2, 0) is 4.79 Å². The molecule has 18 heavy (non-hydrogen) atoms. The van der Waals surface area contributed by atoms with Crippen molar-refractivity contribution >= 4 is 11.9 Å². The first-order chi connectivity index (χ1) is 8.56. The molecule has 1 aromatic rings. The monoisotopic (exact) mass is 251 g/mol. The Hall–Kier alpha value is -1.85. The summed E-state index contributed by atoms with van der Waals surface area (Å²) in [4.78, 5) is 21.0. The zero-order valence-electron chi connectivity index (χ0n) is 10.5. The van der Waals surface area contributed by atoms with Crippen molar-refractivity contribution < 1.29 is 14.6 Å². The molecule has 98 valence electrons. The molecule has 0 radical (unpaired) electrons. The zero-order chi connectivity index (χ0) is 13.1. The van der Waals surface area contributed by atoms with Gasteiger partial charge in [0.15, 0.2) is 0 Å². The van der Waals surface area contributed by atoms with Crippen molar-refractivity contribution in [1.29, 1.82) is 0 Å². The summed E-state index contributed by atoms with van der Waals surface area (Å²) >= 11 is 0. The lowest BCUT2D eigenvalue weighted by Crippen LogP contribution is -2.33. The van der Waals surface area contributed by atoms with Gasteiger partial charge in [-0.2, -0.15) is 4.98 Å². The fraction of sp³-hybridized carbons (Fsp3) is 0.583. The van der Waals surface area contributed by atoms with Gasteiger partial charge in [-0.05, 0) is 26.7 Å². The minimum absolute atomic E-state index is 0.0293. The molecule has 0 aliphatic heterocycles. The molecule has 6 nitrogen and oxygen atoms in total. The van der Waals surface area contributed by atoms with E-state index in [-0.39, 0.29) is 18.7 Å². The molecule has 1 fully saturated rings. The van der Waals surface area contributed by atoms with Crippen LogP contribution in [-0.4, -0.2) is 39.7 Å². The molecule has 0 spiro atoms. The van der Waals surface area contributed by atoms with Crippen molar-refractivity contribution in [3.63, 3.8) is 0 Å². The number of aromatic nitrogens is 2. The SMILES string of the molecule is CC(C)Oc1ccnc(N(CC(=O)O)C2CC2)n1. The van der Waals surface area contributed by atoms with Crippen LogP contribution in [0.3, 0.4) is 0 Å². The van der Waals surface area contributed by atoms with Crippen LogP contribution in [0.15, 0.2) is 12.3 Å². The third-order valence-electron chi connectivity index (χ3n) is 2.52. The highest BCUT2D eigenvalue weighted by Gasteiger charge is 2.32. The standard InChI is InChI=1S/C12H17N3O3/c1-8(2)18-10-5-6-13-12(14-10)15(7-11(16)17)9-3-4-9/h5-6,8-9H,3-4,7H2,1-2H3,(H,16,17). The van der Waals surface area contributed by atoms with E-state index >= 15 is 0 Å².